The van der Waals surface area contributed by atoms with Crippen molar-refractivity contribution in [2.24, 2.45) is 0 Å². The lowest BCUT2D eigenvalue weighted by molar-refractivity contribution is 0.0926. The molecule has 2 heterocycles. The second-order valence-corrected chi connectivity index (χ2v) is 11.9. The number of nitrogens with zero attached hydrogens (tertiary/aromatic N) is 3. The van der Waals surface area contributed by atoms with E-state index in [1.807, 2.05) is 48.5 Å². The quantitative estimate of drug-likeness (QED) is 0.159. The molecule has 1 aliphatic heterocycles. The average molecular weight is 639 g/mol. The summed E-state index contributed by atoms with van der Waals surface area (Å²) in [5, 5.41) is 4.86. The van der Waals surface area contributed by atoms with E-state index in [-0.39, 0.29) is 11.5 Å². The molecule has 1 aromatic heterocycles. The van der Waals surface area contributed by atoms with Crippen LogP contribution in [0.5, 0.6) is 11.5 Å². The van der Waals surface area contributed by atoms with Gasteiger partial charge in [-0.2, -0.15) is 0 Å². The molecule has 0 atom stereocenters. The maximum atomic E-state index is 13.3. The number of unbranched alkanes of at least 4 members (excludes halogenated alkanes) is 1. The molecule has 0 unspecified atom stereocenters. The number of amides is 2. The van der Waals surface area contributed by atoms with Crippen molar-refractivity contribution in [3.8, 4) is 22.9 Å². The minimum atomic E-state index is -0.413. The lowest BCUT2D eigenvalue weighted by Crippen LogP contribution is -2.30. The van der Waals surface area contributed by atoms with Gasteiger partial charge in [-0.1, -0.05) is 67.4 Å². The summed E-state index contributed by atoms with van der Waals surface area (Å²) in [6, 6.07) is 34.0. The Kier molecular flexibility index (Phi) is 8.14. The van der Waals surface area contributed by atoms with E-state index in [1.165, 1.54) is 23.3 Å². The van der Waals surface area contributed by atoms with Gasteiger partial charge in [0.2, 0.25) is 0 Å². The first-order chi connectivity index (χ1) is 22.9. The van der Waals surface area contributed by atoms with Crippen LogP contribution in [-0.4, -0.2) is 21.8 Å². The van der Waals surface area contributed by atoms with Gasteiger partial charge in [0.15, 0.2) is 5.82 Å². The van der Waals surface area contributed by atoms with Crippen molar-refractivity contribution in [3.05, 3.63) is 136 Å². The topological polar surface area (TPSA) is 84.4 Å². The summed E-state index contributed by atoms with van der Waals surface area (Å²) in [7, 11) is 0. The number of para-hydroxylation sites is 1. The fraction of sp³-hybridized carbons (Fsp3) is 0.128. The number of ether oxygens (including phenoxy) is 1. The number of imide groups is 1. The molecule has 7 nitrogen and oxygen atoms in total. The first-order valence-electron chi connectivity index (χ1n) is 15.6. The summed E-state index contributed by atoms with van der Waals surface area (Å²) in [5.41, 5.74) is 5.69. The van der Waals surface area contributed by atoms with Crippen LogP contribution in [0.2, 0.25) is 5.02 Å². The molecule has 7 rings (SSSR count). The number of nitrogens with one attached hydrogen (secondary N) is 1. The number of hydrogen-bond acceptors (Lipinski definition) is 6. The third-order valence-electron chi connectivity index (χ3n) is 8.33. The Morgan fingerprint density at radius 2 is 1.53 bits per heavy atom. The van der Waals surface area contributed by atoms with Crippen LogP contribution in [0, 0.1) is 6.92 Å². The number of fused-ring (bicyclic) bond motifs is 2. The van der Waals surface area contributed by atoms with Crippen molar-refractivity contribution >= 4 is 51.5 Å². The van der Waals surface area contributed by atoms with Crippen molar-refractivity contribution in [2.75, 3.05) is 10.2 Å². The molecule has 0 bridgehead atoms. The molecular formula is C39H31ClN4O3. The first kappa shape index (κ1) is 30.1. The number of hydrogen-bond donors (Lipinski definition) is 1. The lowest BCUT2D eigenvalue weighted by atomic mass is 10.1. The van der Waals surface area contributed by atoms with Crippen LogP contribution in [0.3, 0.4) is 0 Å². The van der Waals surface area contributed by atoms with E-state index < -0.39 is 5.91 Å². The molecule has 5 aromatic carbocycles. The van der Waals surface area contributed by atoms with Crippen molar-refractivity contribution in [3.63, 3.8) is 0 Å². The number of benzene rings is 5. The minimum absolute atomic E-state index is 0.284. The van der Waals surface area contributed by atoms with Crippen LogP contribution < -0.4 is 15.0 Å². The van der Waals surface area contributed by atoms with E-state index in [1.54, 1.807) is 43.3 Å². The summed E-state index contributed by atoms with van der Waals surface area (Å²) < 4.78 is 6.10. The van der Waals surface area contributed by atoms with E-state index in [2.05, 4.69) is 36.5 Å². The Labute approximate surface area is 277 Å². The first-order valence-corrected chi connectivity index (χ1v) is 16.0. The largest absolute Gasteiger partial charge is 0.457 e. The molecule has 47 heavy (non-hydrogen) atoms. The Bertz CT molecular complexity index is 2150. The number of carbonyl (C=O) groups excluding carboxylic acids is 2. The van der Waals surface area contributed by atoms with Crippen LogP contribution in [0.25, 0.3) is 22.3 Å². The van der Waals surface area contributed by atoms with Crippen LogP contribution >= 0.6 is 11.6 Å². The molecule has 0 saturated heterocycles. The zero-order valence-electron chi connectivity index (χ0n) is 26.0. The number of anilines is 3. The molecule has 0 fully saturated rings. The van der Waals surface area contributed by atoms with Gasteiger partial charge in [0.25, 0.3) is 11.8 Å². The van der Waals surface area contributed by atoms with E-state index in [0.29, 0.717) is 45.0 Å². The standard InChI is InChI=1S/C39H31ClN4O3/c1-3-4-8-25-13-15-26(16-14-25)36-42-34-11-6-5-9-31(34)37(43-36)41-27-17-19-28(20-18-27)47-29-21-22-30-32(23-29)39(46)44(38(30)45)35-12-7-10-33(40)24(35)2/h5-7,9-23H,3-4,8H2,1-2H3,(H,41,42,43). The zero-order valence-corrected chi connectivity index (χ0v) is 26.7. The zero-order chi connectivity index (χ0) is 32.5. The molecule has 1 aliphatic rings. The molecule has 0 aliphatic carbocycles. The predicted octanol–water partition coefficient (Wildman–Crippen LogP) is 9.94. The van der Waals surface area contributed by atoms with Crippen molar-refractivity contribution in [2.45, 2.75) is 33.1 Å². The Morgan fingerprint density at radius 1 is 0.787 bits per heavy atom. The van der Waals surface area contributed by atoms with E-state index in [4.69, 9.17) is 26.3 Å². The van der Waals surface area contributed by atoms with Crippen molar-refractivity contribution < 1.29 is 14.3 Å². The molecular weight excluding hydrogens is 608 g/mol. The van der Waals surface area contributed by atoms with Gasteiger partial charge in [0.05, 0.1) is 22.3 Å². The molecule has 232 valence electrons. The van der Waals surface area contributed by atoms with Crippen molar-refractivity contribution in [1.29, 1.82) is 0 Å². The van der Waals surface area contributed by atoms with Crippen LogP contribution in [0.15, 0.2) is 109 Å². The highest BCUT2D eigenvalue weighted by Crippen LogP contribution is 2.36. The van der Waals surface area contributed by atoms with Gasteiger partial charge in [0, 0.05) is 21.7 Å². The van der Waals surface area contributed by atoms with Crippen LogP contribution in [-0.2, 0) is 6.42 Å². The fourth-order valence-corrected chi connectivity index (χ4v) is 5.89. The summed E-state index contributed by atoms with van der Waals surface area (Å²) in [6.45, 7) is 3.98. The van der Waals surface area contributed by atoms with E-state index in [0.717, 1.165) is 28.6 Å². The molecule has 2 amide bonds. The highest BCUT2D eigenvalue weighted by Gasteiger charge is 2.38. The summed E-state index contributed by atoms with van der Waals surface area (Å²) in [5.74, 6) is 1.58. The number of aryl methyl sites for hydroxylation is 1. The molecule has 0 saturated carbocycles. The average Bonchev–Trinajstić information content (AvgIpc) is 3.34. The monoisotopic (exact) mass is 638 g/mol. The molecule has 0 spiro atoms. The normalized spacial score (nSPS) is 12.4. The van der Waals surface area contributed by atoms with E-state index >= 15 is 0 Å². The van der Waals surface area contributed by atoms with Gasteiger partial charge >= 0.3 is 0 Å². The third kappa shape index (κ3) is 5.93. The Hall–Kier alpha value is -5.53. The second-order valence-electron chi connectivity index (χ2n) is 11.5. The van der Waals surface area contributed by atoms with Gasteiger partial charge in [-0.3, -0.25) is 9.59 Å². The predicted molar refractivity (Wildman–Crippen MR) is 187 cm³/mol. The summed E-state index contributed by atoms with van der Waals surface area (Å²) in [6.07, 6.45) is 3.40. The number of carbonyl (C=O) groups is 2. The summed E-state index contributed by atoms with van der Waals surface area (Å²) in [4.78, 5) is 37.4. The highest BCUT2D eigenvalue weighted by molar-refractivity contribution is 6.36. The Balaban J connectivity index is 1.10. The van der Waals surface area contributed by atoms with Gasteiger partial charge in [-0.15, -0.1) is 0 Å². The maximum Gasteiger partial charge on any atom is 0.266 e. The van der Waals surface area contributed by atoms with Crippen LogP contribution in [0.4, 0.5) is 17.2 Å². The smallest absolute Gasteiger partial charge is 0.266 e. The molecule has 0 radical (unpaired) electrons. The SMILES string of the molecule is CCCCc1ccc(-c2nc(Nc3ccc(Oc4ccc5c(c4)C(=O)N(c4cccc(Cl)c4C)C5=O)cc3)c3ccccc3n2)cc1. The Morgan fingerprint density at radius 3 is 2.32 bits per heavy atom. The van der Waals surface area contributed by atoms with Gasteiger partial charge in [-0.25, -0.2) is 14.9 Å². The van der Waals surface area contributed by atoms with Crippen molar-refractivity contribution in [1.82, 2.24) is 9.97 Å². The van der Waals surface area contributed by atoms with Gasteiger partial charge < -0.3 is 10.1 Å². The molecule has 6 aromatic rings. The third-order valence-corrected chi connectivity index (χ3v) is 8.73. The van der Waals surface area contributed by atoms with Gasteiger partial charge in [-0.05, 0) is 97.6 Å². The molecule has 8 heteroatoms. The lowest BCUT2D eigenvalue weighted by Gasteiger charge is -2.17. The number of rotatable bonds is 9. The van der Waals surface area contributed by atoms with Gasteiger partial charge in [0.1, 0.15) is 17.3 Å². The minimum Gasteiger partial charge on any atom is -0.457 e. The fourth-order valence-electron chi connectivity index (χ4n) is 5.72. The number of aromatic nitrogens is 2. The number of halogens is 1. The highest BCUT2D eigenvalue weighted by atomic mass is 35.5. The van der Waals surface area contributed by atoms with E-state index in [9.17, 15) is 9.59 Å². The van der Waals surface area contributed by atoms with Crippen LogP contribution in [0.1, 0.15) is 51.6 Å². The summed E-state index contributed by atoms with van der Waals surface area (Å²) >= 11 is 6.27. The molecule has 1 N–H and O–H groups in total. The maximum absolute atomic E-state index is 13.3. The second kappa shape index (κ2) is 12.7.